The molecule has 7 nitrogen and oxygen atoms in total. The van der Waals surface area contributed by atoms with Gasteiger partial charge in [0, 0.05) is 6.20 Å². The largest absolute Gasteiger partial charge is 0.383 e. The van der Waals surface area contributed by atoms with Crippen molar-refractivity contribution in [2.24, 2.45) is 5.92 Å². The Bertz CT molecular complexity index is 1010. The molecule has 202 valence electrons. The second-order valence-corrected chi connectivity index (χ2v) is 11.5. The first-order valence-corrected chi connectivity index (χ1v) is 14.8. The fraction of sp³-hybridized carbons (Fsp3) is 0.621. The first-order valence-electron chi connectivity index (χ1n) is 14.0. The van der Waals surface area contributed by atoms with Crippen LogP contribution in [0.4, 0.5) is 5.13 Å². The summed E-state index contributed by atoms with van der Waals surface area (Å²) < 4.78 is 6.21. The Morgan fingerprint density at radius 2 is 1.76 bits per heavy atom. The van der Waals surface area contributed by atoms with Crippen LogP contribution in [0.3, 0.4) is 0 Å². The predicted octanol–water partition coefficient (Wildman–Crippen LogP) is 5.82. The molecule has 0 radical (unpaired) electrons. The number of ether oxygens (including phenoxy) is 1. The summed E-state index contributed by atoms with van der Waals surface area (Å²) in [4.78, 5) is 31.2. The van der Waals surface area contributed by atoms with Crippen LogP contribution in [0.1, 0.15) is 89.5 Å². The highest BCUT2D eigenvalue weighted by molar-refractivity contribution is 7.19. The lowest BCUT2D eigenvalue weighted by molar-refractivity contribution is -0.135. The standard InChI is InChI=1S/C29H41N3O4S/c1-2-11-24(31-28(35)26(33)20-12-5-3-6-13-20)27(34)32-29-30-18-25(37-29)23-17-10-9-14-21(23)19-36-22-15-7-4-8-16-22/h9-10,14,17-18,20,22,24,26,33H,2-8,11-13,15-16,19H2,1H3,(H,31,35)(H,30,32,34)/t24-,26+/m0/s1. The van der Waals surface area contributed by atoms with Crippen LogP contribution < -0.4 is 10.6 Å². The molecule has 2 saturated carbocycles. The van der Waals surface area contributed by atoms with Crippen LogP contribution in [0, 0.1) is 5.92 Å². The highest BCUT2D eigenvalue weighted by Crippen LogP contribution is 2.33. The predicted molar refractivity (Wildman–Crippen MR) is 147 cm³/mol. The van der Waals surface area contributed by atoms with E-state index in [0.29, 0.717) is 24.3 Å². The summed E-state index contributed by atoms with van der Waals surface area (Å²) in [6.45, 7) is 2.53. The number of nitrogens with zero attached hydrogens (tertiary/aromatic N) is 1. The van der Waals surface area contributed by atoms with Gasteiger partial charge in [0.2, 0.25) is 11.8 Å². The molecule has 3 N–H and O–H groups in total. The van der Waals surface area contributed by atoms with Crippen molar-refractivity contribution in [1.29, 1.82) is 0 Å². The molecule has 0 unspecified atom stereocenters. The number of carbonyl (C=O) groups is 2. The molecular weight excluding hydrogens is 486 g/mol. The van der Waals surface area contributed by atoms with Crippen LogP contribution in [0.15, 0.2) is 30.5 Å². The Labute approximate surface area is 224 Å². The number of amides is 2. The van der Waals surface area contributed by atoms with Gasteiger partial charge < -0.3 is 20.5 Å². The molecule has 2 amide bonds. The number of aliphatic hydroxyl groups is 1. The summed E-state index contributed by atoms with van der Waals surface area (Å²) in [5.74, 6) is -0.782. The second kappa shape index (κ2) is 14.0. The number of benzene rings is 1. The maximum Gasteiger partial charge on any atom is 0.249 e. The number of aliphatic hydroxyl groups excluding tert-OH is 1. The number of aromatic nitrogens is 1. The molecule has 1 heterocycles. The van der Waals surface area contributed by atoms with Gasteiger partial charge in [-0.1, -0.05) is 87.5 Å². The van der Waals surface area contributed by atoms with Crippen LogP contribution in [-0.4, -0.2) is 40.2 Å². The molecule has 2 aromatic rings. The molecule has 37 heavy (non-hydrogen) atoms. The highest BCUT2D eigenvalue weighted by Gasteiger charge is 2.30. The van der Waals surface area contributed by atoms with Gasteiger partial charge in [-0.15, -0.1) is 0 Å². The van der Waals surface area contributed by atoms with Gasteiger partial charge in [0.25, 0.3) is 0 Å². The minimum Gasteiger partial charge on any atom is -0.383 e. The summed E-state index contributed by atoms with van der Waals surface area (Å²) >= 11 is 1.41. The molecule has 8 heteroatoms. The van der Waals surface area contributed by atoms with E-state index in [2.05, 4.69) is 27.8 Å². The first kappa shape index (κ1) is 27.7. The zero-order valence-corrected chi connectivity index (χ0v) is 22.7. The monoisotopic (exact) mass is 527 g/mol. The maximum absolute atomic E-state index is 13.1. The van der Waals surface area contributed by atoms with Gasteiger partial charge in [-0.05, 0) is 49.1 Å². The van der Waals surface area contributed by atoms with E-state index in [1.165, 1.54) is 30.6 Å². The van der Waals surface area contributed by atoms with Crippen molar-refractivity contribution >= 4 is 28.3 Å². The van der Waals surface area contributed by atoms with Gasteiger partial charge in [-0.25, -0.2) is 4.98 Å². The maximum atomic E-state index is 13.1. The molecule has 0 bridgehead atoms. The quantitative estimate of drug-likeness (QED) is 0.342. The van der Waals surface area contributed by atoms with Crippen LogP contribution in [0.5, 0.6) is 0 Å². The third-order valence-corrected chi connectivity index (χ3v) is 8.57. The van der Waals surface area contributed by atoms with E-state index in [-0.39, 0.29) is 11.8 Å². The van der Waals surface area contributed by atoms with Gasteiger partial charge in [-0.3, -0.25) is 9.59 Å². The average molecular weight is 528 g/mol. The van der Waals surface area contributed by atoms with E-state index in [0.717, 1.165) is 67.4 Å². The van der Waals surface area contributed by atoms with Crippen molar-refractivity contribution in [1.82, 2.24) is 10.3 Å². The molecule has 0 aliphatic heterocycles. The van der Waals surface area contributed by atoms with E-state index in [1.54, 1.807) is 6.20 Å². The molecule has 2 fully saturated rings. The van der Waals surface area contributed by atoms with Crippen molar-refractivity contribution in [2.75, 3.05) is 5.32 Å². The van der Waals surface area contributed by atoms with Crippen molar-refractivity contribution in [3.63, 3.8) is 0 Å². The lowest BCUT2D eigenvalue weighted by atomic mass is 9.85. The van der Waals surface area contributed by atoms with Gasteiger partial charge in [-0.2, -0.15) is 0 Å². The van der Waals surface area contributed by atoms with Crippen molar-refractivity contribution in [2.45, 2.75) is 109 Å². The highest BCUT2D eigenvalue weighted by atomic mass is 32.1. The number of hydrogen-bond donors (Lipinski definition) is 3. The van der Waals surface area contributed by atoms with E-state index in [1.807, 2.05) is 19.1 Å². The minimum absolute atomic E-state index is 0.0252. The lowest BCUT2D eigenvalue weighted by Crippen LogP contribution is -2.49. The van der Waals surface area contributed by atoms with Crippen molar-refractivity contribution in [3.8, 4) is 10.4 Å². The second-order valence-electron chi connectivity index (χ2n) is 10.4. The minimum atomic E-state index is -1.06. The summed E-state index contributed by atoms with van der Waals surface area (Å²) in [5, 5.41) is 16.7. The summed E-state index contributed by atoms with van der Waals surface area (Å²) in [6, 6.07) is 7.46. The Balaban J connectivity index is 1.36. The molecule has 2 aliphatic carbocycles. The Kier molecular flexibility index (Phi) is 10.5. The van der Waals surface area contributed by atoms with E-state index in [9.17, 15) is 14.7 Å². The fourth-order valence-corrected chi connectivity index (χ4v) is 6.33. The molecular formula is C29H41N3O4S. The van der Waals surface area contributed by atoms with E-state index in [4.69, 9.17) is 4.74 Å². The number of hydrogen-bond acceptors (Lipinski definition) is 6. The third-order valence-electron chi connectivity index (χ3n) is 7.62. The average Bonchev–Trinajstić information content (AvgIpc) is 3.40. The summed E-state index contributed by atoms with van der Waals surface area (Å²) in [7, 11) is 0. The number of rotatable bonds is 11. The molecule has 0 saturated heterocycles. The topological polar surface area (TPSA) is 101 Å². The molecule has 4 rings (SSSR count). The normalized spacial score (nSPS) is 18.8. The van der Waals surface area contributed by atoms with Gasteiger partial charge >= 0.3 is 0 Å². The summed E-state index contributed by atoms with van der Waals surface area (Å²) in [6.07, 6.45) is 13.3. The molecule has 2 aliphatic rings. The SMILES string of the molecule is CCC[C@H](NC(=O)[C@H](O)C1CCCCC1)C(=O)Nc1ncc(-c2ccccc2COC2CCCCC2)s1. The van der Waals surface area contributed by atoms with Crippen LogP contribution >= 0.6 is 11.3 Å². The smallest absolute Gasteiger partial charge is 0.249 e. The fourth-order valence-electron chi connectivity index (χ4n) is 5.45. The summed E-state index contributed by atoms with van der Waals surface area (Å²) in [5.41, 5.74) is 2.17. The molecule has 1 aromatic carbocycles. The number of anilines is 1. The molecule has 1 aromatic heterocycles. The Hall–Kier alpha value is -2.29. The van der Waals surface area contributed by atoms with Crippen LogP contribution in [0.25, 0.3) is 10.4 Å². The lowest BCUT2D eigenvalue weighted by Gasteiger charge is -2.27. The van der Waals surface area contributed by atoms with Crippen molar-refractivity contribution < 1.29 is 19.4 Å². The number of thiazole rings is 1. The Morgan fingerprint density at radius 3 is 2.49 bits per heavy atom. The third kappa shape index (κ3) is 7.85. The van der Waals surface area contributed by atoms with Gasteiger partial charge in [0.05, 0.1) is 17.6 Å². The first-order chi connectivity index (χ1) is 18.0. The molecule has 0 spiro atoms. The van der Waals surface area contributed by atoms with E-state index >= 15 is 0 Å². The van der Waals surface area contributed by atoms with Crippen molar-refractivity contribution in [3.05, 3.63) is 36.0 Å². The Morgan fingerprint density at radius 1 is 1.05 bits per heavy atom. The zero-order valence-electron chi connectivity index (χ0n) is 21.9. The molecule has 2 atom stereocenters. The zero-order chi connectivity index (χ0) is 26.0. The van der Waals surface area contributed by atoms with Crippen LogP contribution in [-0.2, 0) is 20.9 Å². The number of carbonyl (C=O) groups excluding carboxylic acids is 2. The van der Waals surface area contributed by atoms with Gasteiger partial charge in [0.1, 0.15) is 12.1 Å². The van der Waals surface area contributed by atoms with Crippen LogP contribution in [0.2, 0.25) is 0 Å². The van der Waals surface area contributed by atoms with E-state index < -0.39 is 18.1 Å². The number of nitrogens with one attached hydrogen (secondary N) is 2. The van der Waals surface area contributed by atoms with Gasteiger partial charge in [0.15, 0.2) is 5.13 Å².